The summed E-state index contributed by atoms with van der Waals surface area (Å²) in [6.07, 6.45) is -1.45. The Morgan fingerprint density at radius 1 is 1.18 bits per heavy atom. The van der Waals surface area contributed by atoms with Gasteiger partial charge in [0, 0.05) is 17.5 Å². The van der Waals surface area contributed by atoms with Gasteiger partial charge in [-0.05, 0) is 42.3 Å². The molecule has 4 rings (SSSR count). The number of nitrogens with zero attached hydrogens (tertiary/aromatic N) is 3. The zero-order valence-corrected chi connectivity index (χ0v) is 17.2. The molecule has 1 N–H and O–H groups in total. The van der Waals surface area contributed by atoms with Crippen molar-refractivity contribution in [3.8, 4) is 11.4 Å². The highest BCUT2D eigenvalue weighted by Gasteiger charge is 2.31. The Kier molecular flexibility index (Phi) is 5.86. The van der Waals surface area contributed by atoms with Gasteiger partial charge >= 0.3 is 11.8 Å². The number of fused-ring (bicyclic) bond motifs is 1. The monoisotopic (exact) mass is 458 g/mol. The maximum atomic E-state index is 13.2. The summed E-state index contributed by atoms with van der Waals surface area (Å²) in [6.45, 7) is 1.42. The van der Waals surface area contributed by atoms with Crippen molar-refractivity contribution in [3.05, 3.63) is 76.7 Å². The van der Waals surface area contributed by atoms with Crippen LogP contribution in [0.5, 0.6) is 5.75 Å². The number of carbonyl (C=O) groups excluding carboxylic acids is 1. The average Bonchev–Trinajstić information content (AvgIpc) is 3.31. The van der Waals surface area contributed by atoms with Gasteiger partial charge in [-0.15, -0.1) is 0 Å². The van der Waals surface area contributed by atoms with E-state index < -0.39 is 29.9 Å². The number of nitrogens with one attached hydrogen (secondary N) is 1. The highest BCUT2D eigenvalue weighted by molar-refractivity contribution is 5.94. The molecule has 0 bridgehead atoms. The Bertz CT molecular complexity index is 1360. The Labute approximate surface area is 184 Å². The smallest absolute Gasteiger partial charge is 0.416 e. The second-order valence-electron chi connectivity index (χ2n) is 7.01. The van der Waals surface area contributed by atoms with Crippen molar-refractivity contribution in [2.45, 2.75) is 19.5 Å². The summed E-state index contributed by atoms with van der Waals surface area (Å²) in [4.78, 5) is 27.9. The molecule has 0 atom stereocenters. The lowest BCUT2D eigenvalue weighted by atomic mass is 10.1. The van der Waals surface area contributed by atoms with Crippen LogP contribution >= 0.6 is 0 Å². The van der Waals surface area contributed by atoms with Crippen LogP contribution in [-0.4, -0.2) is 27.3 Å². The summed E-state index contributed by atoms with van der Waals surface area (Å²) in [6, 6.07) is 9.10. The van der Waals surface area contributed by atoms with E-state index in [0.29, 0.717) is 12.0 Å². The molecule has 4 aromatic rings. The number of aryl methyl sites for hydroxylation is 1. The molecule has 0 fully saturated rings. The van der Waals surface area contributed by atoms with Gasteiger partial charge in [-0.1, -0.05) is 6.92 Å². The fourth-order valence-corrected chi connectivity index (χ4v) is 3.27. The van der Waals surface area contributed by atoms with E-state index in [0.717, 1.165) is 23.1 Å². The predicted octanol–water partition coefficient (Wildman–Crippen LogP) is 3.97. The molecule has 33 heavy (non-hydrogen) atoms. The van der Waals surface area contributed by atoms with Crippen molar-refractivity contribution in [1.29, 1.82) is 0 Å². The molecular weight excluding hydrogens is 441 g/mol. The van der Waals surface area contributed by atoms with Crippen molar-refractivity contribution in [2.24, 2.45) is 0 Å². The highest BCUT2D eigenvalue weighted by Crippen LogP contribution is 2.33. The van der Waals surface area contributed by atoms with Crippen LogP contribution in [0.4, 0.5) is 18.9 Å². The minimum Gasteiger partial charge on any atom is -0.484 e. The van der Waals surface area contributed by atoms with Gasteiger partial charge in [0.1, 0.15) is 24.0 Å². The van der Waals surface area contributed by atoms with Gasteiger partial charge in [0.2, 0.25) is 0 Å². The van der Waals surface area contributed by atoms with Crippen LogP contribution in [0.2, 0.25) is 0 Å². The third kappa shape index (κ3) is 4.86. The number of hydrogen-bond donors (Lipinski definition) is 1. The molecule has 0 aliphatic rings. The summed E-state index contributed by atoms with van der Waals surface area (Å²) in [5, 5.41) is 7.06. The maximum absolute atomic E-state index is 13.2. The van der Waals surface area contributed by atoms with Crippen molar-refractivity contribution < 1.29 is 27.1 Å². The van der Waals surface area contributed by atoms with Crippen LogP contribution in [0.1, 0.15) is 18.1 Å². The Morgan fingerprint density at radius 3 is 2.70 bits per heavy atom. The fourth-order valence-electron chi connectivity index (χ4n) is 3.27. The van der Waals surface area contributed by atoms with Crippen LogP contribution in [-0.2, 0) is 17.4 Å². The number of hydrogen-bond acceptors (Lipinski definition) is 6. The fraction of sp³-hybridized carbons (Fsp3) is 0.182. The second kappa shape index (κ2) is 8.77. The first kappa shape index (κ1) is 22.1. The quantitative estimate of drug-likeness (QED) is 0.439. The van der Waals surface area contributed by atoms with E-state index in [9.17, 15) is 22.8 Å². The topological polar surface area (TPSA) is 99.2 Å². The molecule has 0 saturated carbocycles. The molecule has 0 radical (unpaired) electrons. The number of carbonyl (C=O) groups is 1. The van der Waals surface area contributed by atoms with E-state index in [2.05, 4.69) is 15.4 Å². The van der Waals surface area contributed by atoms with Crippen LogP contribution in [0.15, 0.2) is 64.3 Å². The molecule has 2 aromatic heterocycles. The molecule has 170 valence electrons. The SMILES string of the molecule is CCc1cc(=O)oc2cc(OCC(=O)Nc3cc(C(F)(F)F)ccc3-n3cncn3)ccc12. The molecule has 0 spiro atoms. The summed E-state index contributed by atoms with van der Waals surface area (Å²) in [5.74, 6) is -0.436. The average molecular weight is 458 g/mol. The largest absolute Gasteiger partial charge is 0.484 e. The number of benzene rings is 2. The summed E-state index contributed by atoms with van der Waals surface area (Å²) >= 11 is 0. The Hall–Kier alpha value is -4.15. The summed E-state index contributed by atoms with van der Waals surface area (Å²) in [7, 11) is 0. The molecule has 1 amide bonds. The molecule has 8 nitrogen and oxygen atoms in total. The molecule has 0 saturated heterocycles. The third-order valence-electron chi connectivity index (χ3n) is 4.82. The number of aromatic nitrogens is 3. The van der Waals surface area contributed by atoms with E-state index in [1.165, 1.54) is 35.5 Å². The van der Waals surface area contributed by atoms with Gasteiger partial charge in [0.25, 0.3) is 5.91 Å². The third-order valence-corrected chi connectivity index (χ3v) is 4.82. The van der Waals surface area contributed by atoms with Gasteiger partial charge in [-0.25, -0.2) is 14.5 Å². The van der Waals surface area contributed by atoms with Gasteiger partial charge in [0.15, 0.2) is 6.61 Å². The molecular formula is C22H17F3N4O4. The zero-order valence-electron chi connectivity index (χ0n) is 17.2. The van der Waals surface area contributed by atoms with Crippen molar-refractivity contribution >= 4 is 22.6 Å². The maximum Gasteiger partial charge on any atom is 0.416 e. The number of halogens is 3. The first-order chi connectivity index (χ1) is 15.7. The van der Waals surface area contributed by atoms with Gasteiger partial charge in [0.05, 0.1) is 16.9 Å². The second-order valence-corrected chi connectivity index (χ2v) is 7.01. The van der Waals surface area contributed by atoms with Gasteiger partial charge < -0.3 is 14.5 Å². The first-order valence-electron chi connectivity index (χ1n) is 9.80. The van der Waals surface area contributed by atoms with E-state index in [1.807, 2.05) is 6.92 Å². The number of anilines is 1. The predicted molar refractivity (Wildman–Crippen MR) is 112 cm³/mol. The standard InChI is InChI=1S/C22H17F3N4O4/c1-2-13-7-21(31)33-19-9-15(4-5-16(13)19)32-10-20(30)28-17-8-14(22(23,24)25)3-6-18(17)29-12-26-11-27-29/h3-9,11-12H,2,10H2,1H3,(H,28,30). The van der Waals surface area contributed by atoms with Crippen LogP contribution < -0.4 is 15.7 Å². The number of rotatable bonds is 6. The van der Waals surface area contributed by atoms with Crippen molar-refractivity contribution in [2.75, 3.05) is 11.9 Å². The molecule has 11 heteroatoms. The normalized spacial score (nSPS) is 11.5. The van der Waals surface area contributed by atoms with E-state index >= 15 is 0 Å². The van der Waals surface area contributed by atoms with Crippen molar-refractivity contribution in [1.82, 2.24) is 14.8 Å². The molecule has 0 aliphatic carbocycles. The molecule has 0 unspecified atom stereocenters. The van der Waals surface area contributed by atoms with Crippen molar-refractivity contribution in [3.63, 3.8) is 0 Å². The summed E-state index contributed by atoms with van der Waals surface area (Å²) < 4.78 is 51.3. The molecule has 2 aromatic carbocycles. The van der Waals surface area contributed by atoms with E-state index in [1.54, 1.807) is 12.1 Å². The lowest BCUT2D eigenvalue weighted by molar-refractivity contribution is -0.137. The zero-order chi connectivity index (χ0) is 23.6. The molecule has 2 heterocycles. The first-order valence-corrected chi connectivity index (χ1v) is 9.80. The van der Waals surface area contributed by atoms with E-state index in [-0.39, 0.29) is 17.1 Å². The number of amides is 1. The minimum atomic E-state index is -4.59. The lowest BCUT2D eigenvalue weighted by Crippen LogP contribution is -2.21. The number of alkyl halides is 3. The lowest BCUT2D eigenvalue weighted by Gasteiger charge is -2.15. The molecule has 0 aliphatic heterocycles. The highest BCUT2D eigenvalue weighted by atomic mass is 19.4. The van der Waals surface area contributed by atoms with Crippen LogP contribution in [0.25, 0.3) is 16.7 Å². The van der Waals surface area contributed by atoms with Crippen LogP contribution in [0, 0.1) is 0 Å². The van der Waals surface area contributed by atoms with Gasteiger partial charge in [-0.3, -0.25) is 4.79 Å². The number of ether oxygens (including phenoxy) is 1. The van der Waals surface area contributed by atoms with E-state index in [4.69, 9.17) is 9.15 Å². The summed E-state index contributed by atoms with van der Waals surface area (Å²) in [5.41, 5.74) is -0.216. The van der Waals surface area contributed by atoms with Crippen LogP contribution in [0.3, 0.4) is 0 Å². The minimum absolute atomic E-state index is 0.110. The van der Waals surface area contributed by atoms with Gasteiger partial charge in [-0.2, -0.15) is 18.3 Å². The Balaban J connectivity index is 1.54. The Morgan fingerprint density at radius 2 is 2.00 bits per heavy atom.